The summed E-state index contributed by atoms with van der Waals surface area (Å²) in [4.78, 5) is 12.6. The molecule has 1 unspecified atom stereocenters. The summed E-state index contributed by atoms with van der Waals surface area (Å²) >= 11 is 2.95. The molecule has 1 atom stereocenters. The molecule has 0 aromatic carbocycles. The summed E-state index contributed by atoms with van der Waals surface area (Å²) in [6.07, 6.45) is 3.56. The van der Waals surface area contributed by atoms with Gasteiger partial charge in [-0.1, -0.05) is 30.0 Å². The predicted octanol–water partition coefficient (Wildman–Crippen LogP) is 3.93. The van der Waals surface area contributed by atoms with Crippen LogP contribution in [0.1, 0.15) is 47.9 Å². The molecule has 0 bridgehead atoms. The molecule has 8 heteroatoms. The maximum atomic E-state index is 12.6. The van der Waals surface area contributed by atoms with Crippen LogP contribution < -0.4 is 5.32 Å². The van der Waals surface area contributed by atoms with Gasteiger partial charge < -0.3 is 14.6 Å². The maximum Gasteiger partial charge on any atom is 0.206 e. The number of rotatable bonds is 9. The van der Waals surface area contributed by atoms with Gasteiger partial charge in [0, 0.05) is 36.6 Å². The number of nitrogens with one attached hydrogen (secondary N) is 1. The average Bonchev–Trinajstić information content (AvgIpc) is 3.35. The molecule has 26 heavy (non-hydrogen) atoms. The lowest BCUT2D eigenvalue weighted by molar-refractivity contribution is 0.102. The van der Waals surface area contributed by atoms with Crippen LogP contribution in [0.5, 0.6) is 0 Å². The second-order valence-electron chi connectivity index (χ2n) is 6.54. The number of ketones is 1. The van der Waals surface area contributed by atoms with Crippen molar-refractivity contribution < 1.29 is 9.53 Å². The minimum absolute atomic E-state index is 0.148. The maximum absolute atomic E-state index is 12.6. The minimum Gasteiger partial charge on any atom is -0.376 e. The summed E-state index contributed by atoms with van der Waals surface area (Å²) < 4.78 is 8.63. The molecule has 1 saturated heterocycles. The van der Waals surface area contributed by atoms with E-state index in [9.17, 15) is 4.79 Å². The van der Waals surface area contributed by atoms with Crippen LogP contribution >= 0.6 is 23.1 Å². The number of carbonyl (C=O) groups excluding carboxylic acids is 1. The lowest BCUT2D eigenvalue weighted by atomic mass is 10.2. The Kier molecular flexibility index (Phi) is 6.72. The van der Waals surface area contributed by atoms with Crippen LogP contribution in [0.15, 0.2) is 10.4 Å². The second-order valence-corrected chi connectivity index (χ2v) is 8.74. The van der Waals surface area contributed by atoms with Crippen molar-refractivity contribution in [3.8, 4) is 0 Å². The Morgan fingerprint density at radius 2 is 2.31 bits per heavy atom. The quantitative estimate of drug-likeness (QED) is 0.513. The second kappa shape index (κ2) is 9.01. The first-order valence-electron chi connectivity index (χ1n) is 9.10. The van der Waals surface area contributed by atoms with E-state index in [-0.39, 0.29) is 11.9 Å². The van der Waals surface area contributed by atoms with Crippen molar-refractivity contribution in [3.05, 3.63) is 23.0 Å². The molecule has 142 valence electrons. The monoisotopic (exact) mass is 394 g/mol. The highest BCUT2D eigenvalue weighted by Gasteiger charge is 2.18. The van der Waals surface area contributed by atoms with E-state index in [0.29, 0.717) is 5.75 Å². The van der Waals surface area contributed by atoms with Gasteiger partial charge in [0.1, 0.15) is 0 Å². The number of thioether (sulfide) groups is 1. The zero-order valence-corrected chi connectivity index (χ0v) is 17.2. The molecule has 0 radical (unpaired) electrons. The summed E-state index contributed by atoms with van der Waals surface area (Å²) in [5.41, 5.74) is 3.03. The molecule has 1 aliphatic heterocycles. The van der Waals surface area contributed by atoms with Gasteiger partial charge in [0.15, 0.2) is 10.1 Å². The number of aryl methyl sites for hydroxylation is 1. The van der Waals surface area contributed by atoms with Gasteiger partial charge in [-0.3, -0.25) is 4.79 Å². The Balaban J connectivity index is 1.52. The van der Waals surface area contributed by atoms with Gasteiger partial charge in [0.05, 0.1) is 11.9 Å². The van der Waals surface area contributed by atoms with E-state index >= 15 is 0 Å². The Morgan fingerprint density at radius 1 is 1.46 bits per heavy atom. The number of Topliss-reactive ketones (excluding diaryl/α,β-unsaturated/α-hetero) is 1. The van der Waals surface area contributed by atoms with E-state index in [4.69, 9.17) is 4.74 Å². The normalized spacial score (nSPS) is 17.0. The topological polar surface area (TPSA) is 69.0 Å². The van der Waals surface area contributed by atoms with Gasteiger partial charge >= 0.3 is 0 Å². The lowest BCUT2D eigenvalue weighted by Gasteiger charge is -2.08. The number of hydrogen-bond acceptors (Lipinski definition) is 7. The number of aromatic nitrogens is 3. The third-order valence-electron chi connectivity index (χ3n) is 4.56. The van der Waals surface area contributed by atoms with Gasteiger partial charge in [-0.25, -0.2) is 0 Å². The zero-order valence-electron chi connectivity index (χ0n) is 15.6. The van der Waals surface area contributed by atoms with Crippen LogP contribution in [0.3, 0.4) is 0 Å². The van der Waals surface area contributed by atoms with Gasteiger partial charge in [-0.15, -0.1) is 10.2 Å². The van der Waals surface area contributed by atoms with Crippen LogP contribution in [-0.2, 0) is 11.3 Å². The Morgan fingerprint density at radius 3 is 3.04 bits per heavy atom. The number of ether oxygens (including phenoxy) is 1. The SMILES string of the molecule is CCCn1c(C)cc(C(=O)CSc2nnc(NCC3CCCO3)s2)c1C. The molecular weight excluding hydrogens is 368 g/mol. The van der Waals surface area contributed by atoms with Gasteiger partial charge in [-0.05, 0) is 39.2 Å². The van der Waals surface area contributed by atoms with E-state index in [1.165, 1.54) is 23.1 Å². The smallest absolute Gasteiger partial charge is 0.206 e. The van der Waals surface area contributed by atoms with Gasteiger partial charge in [-0.2, -0.15) is 0 Å². The lowest BCUT2D eigenvalue weighted by Crippen LogP contribution is -2.18. The molecule has 0 aliphatic carbocycles. The summed E-state index contributed by atoms with van der Waals surface area (Å²) in [6, 6.07) is 2.00. The van der Waals surface area contributed by atoms with Crippen LogP contribution in [-0.4, -0.2) is 45.6 Å². The van der Waals surface area contributed by atoms with Gasteiger partial charge in [0.2, 0.25) is 5.13 Å². The number of hydrogen-bond donors (Lipinski definition) is 1. The molecule has 1 fully saturated rings. The van der Waals surface area contributed by atoms with E-state index in [0.717, 1.165) is 65.4 Å². The predicted molar refractivity (Wildman–Crippen MR) is 107 cm³/mol. The van der Waals surface area contributed by atoms with Crippen molar-refractivity contribution in [3.63, 3.8) is 0 Å². The average molecular weight is 395 g/mol. The van der Waals surface area contributed by atoms with Crippen LogP contribution in [0.4, 0.5) is 5.13 Å². The highest BCUT2D eigenvalue weighted by molar-refractivity contribution is 8.01. The Hall–Kier alpha value is -1.38. The van der Waals surface area contributed by atoms with Crippen molar-refractivity contribution in [2.45, 2.75) is 57.0 Å². The summed E-state index contributed by atoms with van der Waals surface area (Å²) in [5, 5.41) is 12.4. The number of nitrogens with zero attached hydrogens (tertiary/aromatic N) is 3. The molecule has 3 rings (SSSR count). The van der Waals surface area contributed by atoms with Crippen LogP contribution in [0.25, 0.3) is 0 Å². The molecule has 0 saturated carbocycles. The summed E-state index contributed by atoms with van der Waals surface area (Å²) in [6.45, 7) is 8.80. The molecule has 6 nitrogen and oxygen atoms in total. The standard InChI is InChI=1S/C18H26N4O2S2/c1-4-7-22-12(2)9-15(13(22)3)16(23)11-25-18-21-20-17(26-18)19-10-14-6-5-8-24-14/h9,14H,4-8,10-11H2,1-3H3,(H,19,20). The minimum atomic E-state index is 0.148. The van der Waals surface area contributed by atoms with Gasteiger partial charge in [0.25, 0.3) is 0 Å². The zero-order chi connectivity index (χ0) is 18.5. The summed E-state index contributed by atoms with van der Waals surface area (Å²) in [7, 11) is 0. The largest absolute Gasteiger partial charge is 0.376 e. The van der Waals surface area contributed by atoms with E-state index in [2.05, 4.69) is 33.9 Å². The third kappa shape index (κ3) is 4.66. The molecule has 1 N–H and O–H groups in total. The molecule has 0 amide bonds. The molecular formula is C18H26N4O2S2. The fraction of sp³-hybridized carbons (Fsp3) is 0.611. The van der Waals surface area contributed by atoms with Crippen LogP contribution in [0.2, 0.25) is 0 Å². The fourth-order valence-corrected chi connectivity index (χ4v) is 4.84. The molecule has 1 aliphatic rings. The highest BCUT2D eigenvalue weighted by Crippen LogP contribution is 2.27. The van der Waals surface area contributed by atoms with Crippen molar-refractivity contribution in [1.82, 2.24) is 14.8 Å². The molecule has 2 aromatic heterocycles. The van der Waals surface area contributed by atoms with Crippen molar-refractivity contribution in [2.75, 3.05) is 24.2 Å². The highest BCUT2D eigenvalue weighted by atomic mass is 32.2. The summed E-state index contributed by atoms with van der Waals surface area (Å²) in [5.74, 6) is 0.533. The van der Waals surface area contributed by atoms with E-state index < -0.39 is 0 Å². The third-order valence-corrected chi connectivity index (χ3v) is 6.57. The van der Waals surface area contributed by atoms with Crippen molar-refractivity contribution in [2.24, 2.45) is 0 Å². The number of anilines is 1. The van der Waals surface area contributed by atoms with Crippen LogP contribution in [0, 0.1) is 13.8 Å². The number of carbonyl (C=O) groups is 1. The van der Waals surface area contributed by atoms with E-state index in [1.54, 1.807) is 0 Å². The van der Waals surface area contributed by atoms with E-state index in [1.807, 2.05) is 13.0 Å². The molecule has 2 aromatic rings. The first-order valence-corrected chi connectivity index (χ1v) is 10.9. The first-order chi connectivity index (χ1) is 12.6. The molecule has 0 spiro atoms. The van der Waals surface area contributed by atoms with Crippen molar-refractivity contribution in [1.29, 1.82) is 0 Å². The fourth-order valence-electron chi connectivity index (χ4n) is 3.20. The Bertz CT molecular complexity index is 750. The Labute approximate surface area is 162 Å². The first kappa shape index (κ1) is 19.4. The molecule has 3 heterocycles. The van der Waals surface area contributed by atoms with Crippen molar-refractivity contribution >= 4 is 34.0 Å².